The Kier molecular flexibility index (Phi) is 4.88. The lowest BCUT2D eigenvalue weighted by Crippen LogP contribution is -2.47. The van der Waals surface area contributed by atoms with Crippen molar-refractivity contribution in [1.82, 2.24) is 10.6 Å². The van der Waals surface area contributed by atoms with Crippen molar-refractivity contribution in [2.75, 3.05) is 6.54 Å². The smallest absolute Gasteiger partial charge is 0.221 e. The zero-order valence-corrected chi connectivity index (χ0v) is 12.8. The third kappa shape index (κ3) is 4.20. The lowest BCUT2D eigenvalue weighted by molar-refractivity contribution is -0.123. The number of carbonyl (C=O) groups is 1. The van der Waals surface area contributed by atoms with E-state index in [1.165, 1.54) is 25.7 Å². The van der Waals surface area contributed by atoms with Gasteiger partial charge in [0.05, 0.1) is 0 Å². The highest BCUT2D eigenvalue weighted by Gasteiger charge is 2.35. The zero-order chi connectivity index (χ0) is 13.9. The van der Waals surface area contributed by atoms with Crippen molar-refractivity contribution in [3.63, 3.8) is 0 Å². The molecule has 0 aromatic heterocycles. The normalized spacial score (nSPS) is 32.3. The molecule has 3 heteroatoms. The van der Waals surface area contributed by atoms with Gasteiger partial charge in [0, 0.05) is 18.5 Å². The van der Waals surface area contributed by atoms with Crippen LogP contribution >= 0.6 is 0 Å². The molecule has 2 fully saturated rings. The van der Waals surface area contributed by atoms with E-state index < -0.39 is 0 Å². The predicted octanol–water partition coefficient (Wildman–Crippen LogP) is 2.85. The summed E-state index contributed by atoms with van der Waals surface area (Å²) in [7, 11) is 0. The van der Waals surface area contributed by atoms with Crippen molar-refractivity contribution in [3.05, 3.63) is 0 Å². The first-order chi connectivity index (χ1) is 8.97. The highest BCUT2D eigenvalue weighted by Crippen LogP contribution is 2.38. The van der Waals surface area contributed by atoms with Crippen molar-refractivity contribution in [2.24, 2.45) is 11.3 Å². The van der Waals surface area contributed by atoms with Crippen LogP contribution in [-0.2, 0) is 4.79 Å². The third-order valence-corrected chi connectivity index (χ3v) is 4.82. The second-order valence-corrected chi connectivity index (χ2v) is 7.43. The van der Waals surface area contributed by atoms with E-state index in [4.69, 9.17) is 0 Å². The fourth-order valence-corrected chi connectivity index (χ4v) is 3.76. The van der Waals surface area contributed by atoms with Gasteiger partial charge in [0.2, 0.25) is 5.91 Å². The maximum absolute atomic E-state index is 12.2. The summed E-state index contributed by atoms with van der Waals surface area (Å²) < 4.78 is 0. The monoisotopic (exact) mass is 266 g/mol. The lowest BCUT2D eigenvalue weighted by Gasteiger charge is -2.40. The highest BCUT2D eigenvalue weighted by molar-refractivity contribution is 5.77. The van der Waals surface area contributed by atoms with Crippen LogP contribution < -0.4 is 10.6 Å². The van der Waals surface area contributed by atoms with Crippen LogP contribution in [0.5, 0.6) is 0 Å². The Hall–Kier alpha value is -0.570. The Morgan fingerprint density at radius 3 is 2.53 bits per heavy atom. The molecule has 1 saturated carbocycles. The SMILES string of the molecule is CC(C)(C)C1CCCCC1NC(=O)CC1CCCN1. The highest BCUT2D eigenvalue weighted by atomic mass is 16.1. The fraction of sp³-hybridized carbons (Fsp3) is 0.938. The number of amides is 1. The molecule has 1 heterocycles. The van der Waals surface area contributed by atoms with Gasteiger partial charge in [0.25, 0.3) is 0 Å². The minimum Gasteiger partial charge on any atom is -0.353 e. The lowest BCUT2D eigenvalue weighted by atomic mass is 9.69. The number of rotatable bonds is 3. The zero-order valence-electron chi connectivity index (χ0n) is 12.8. The molecule has 1 aliphatic carbocycles. The maximum Gasteiger partial charge on any atom is 0.221 e. The molecule has 0 aromatic carbocycles. The van der Waals surface area contributed by atoms with Crippen molar-refractivity contribution in [2.45, 2.75) is 77.8 Å². The molecule has 0 aromatic rings. The van der Waals surface area contributed by atoms with Crippen LogP contribution in [0.3, 0.4) is 0 Å². The molecule has 3 nitrogen and oxygen atoms in total. The summed E-state index contributed by atoms with van der Waals surface area (Å²) in [5.41, 5.74) is 0.296. The molecule has 1 aliphatic heterocycles. The number of carbonyl (C=O) groups excluding carboxylic acids is 1. The van der Waals surface area contributed by atoms with E-state index >= 15 is 0 Å². The molecule has 1 amide bonds. The minimum atomic E-state index is 0.251. The quantitative estimate of drug-likeness (QED) is 0.824. The molecule has 3 unspecified atom stereocenters. The molecular weight excluding hydrogens is 236 g/mol. The standard InChI is InChI=1S/C16H30N2O/c1-16(2,3)13-8-4-5-9-14(13)18-15(19)11-12-7-6-10-17-12/h12-14,17H,4-11H2,1-3H3,(H,18,19). The summed E-state index contributed by atoms with van der Waals surface area (Å²) in [6.07, 6.45) is 8.03. The Labute approximate surface area is 117 Å². The minimum absolute atomic E-state index is 0.251. The van der Waals surface area contributed by atoms with Gasteiger partial charge < -0.3 is 10.6 Å². The Morgan fingerprint density at radius 2 is 1.89 bits per heavy atom. The largest absolute Gasteiger partial charge is 0.353 e. The molecule has 0 bridgehead atoms. The van der Waals surface area contributed by atoms with Gasteiger partial charge in [-0.15, -0.1) is 0 Å². The third-order valence-electron chi connectivity index (χ3n) is 4.82. The Bertz CT molecular complexity index is 302. The molecule has 0 radical (unpaired) electrons. The number of hydrogen-bond donors (Lipinski definition) is 2. The van der Waals surface area contributed by atoms with Crippen LogP contribution in [0.15, 0.2) is 0 Å². The first kappa shape index (κ1) is 14.8. The van der Waals surface area contributed by atoms with Crippen molar-refractivity contribution >= 4 is 5.91 Å². The van der Waals surface area contributed by atoms with Gasteiger partial charge in [0.15, 0.2) is 0 Å². The van der Waals surface area contributed by atoms with E-state index in [1.54, 1.807) is 0 Å². The molecule has 0 spiro atoms. The van der Waals surface area contributed by atoms with Gasteiger partial charge in [-0.05, 0) is 43.6 Å². The molecule has 1 saturated heterocycles. The van der Waals surface area contributed by atoms with Gasteiger partial charge in [-0.2, -0.15) is 0 Å². The van der Waals surface area contributed by atoms with Gasteiger partial charge in [-0.3, -0.25) is 4.79 Å². The van der Waals surface area contributed by atoms with Gasteiger partial charge in [0.1, 0.15) is 0 Å². The first-order valence-corrected chi connectivity index (χ1v) is 7.99. The molecule has 19 heavy (non-hydrogen) atoms. The first-order valence-electron chi connectivity index (χ1n) is 7.99. The Morgan fingerprint density at radius 1 is 1.16 bits per heavy atom. The summed E-state index contributed by atoms with van der Waals surface area (Å²) >= 11 is 0. The summed E-state index contributed by atoms with van der Waals surface area (Å²) in [5, 5.41) is 6.73. The number of hydrogen-bond acceptors (Lipinski definition) is 2. The van der Waals surface area contributed by atoms with Crippen LogP contribution in [0.4, 0.5) is 0 Å². The van der Waals surface area contributed by atoms with Crippen molar-refractivity contribution < 1.29 is 4.79 Å². The van der Waals surface area contributed by atoms with Crippen LogP contribution in [0.2, 0.25) is 0 Å². The van der Waals surface area contributed by atoms with E-state index in [1.807, 2.05) is 0 Å². The van der Waals surface area contributed by atoms with Crippen molar-refractivity contribution in [1.29, 1.82) is 0 Å². The molecule has 110 valence electrons. The van der Waals surface area contributed by atoms with E-state index in [0.717, 1.165) is 19.4 Å². The van der Waals surface area contributed by atoms with Crippen molar-refractivity contribution in [3.8, 4) is 0 Å². The topological polar surface area (TPSA) is 41.1 Å². The summed E-state index contributed by atoms with van der Waals surface area (Å²) in [5.74, 6) is 0.877. The van der Waals surface area contributed by atoms with Gasteiger partial charge in [-0.25, -0.2) is 0 Å². The van der Waals surface area contributed by atoms with Crippen LogP contribution in [0.25, 0.3) is 0 Å². The van der Waals surface area contributed by atoms with E-state index in [2.05, 4.69) is 31.4 Å². The summed E-state index contributed by atoms with van der Waals surface area (Å²) in [6.45, 7) is 7.99. The second kappa shape index (κ2) is 6.25. The van der Waals surface area contributed by atoms with E-state index in [-0.39, 0.29) is 5.91 Å². The predicted molar refractivity (Wildman–Crippen MR) is 79.0 cm³/mol. The van der Waals surface area contributed by atoms with Gasteiger partial charge >= 0.3 is 0 Å². The van der Waals surface area contributed by atoms with Gasteiger partial charge in [-0.1, -0.05) is 33.6 Å². The van der Waals surface area contributed by atoms with Crippen LogP contribution in [0, 0.1) is 11.3 Å². The molecule has 2 N–H and O–H groups in total. The molecular formula is C16H30N2O. The van der Waals surface area contributed by atoms with E-state index in [0.29, 0.717) is 29.8 Å². The van der Waals surface area contributed by atoms with Crippen LogP contribution in [-0.4, -0.2) is 24.5 Å². The average molecular weight is 266 g/mol. The maximum atomic E-state index is 12.2. The average Bonchev–Trinajstić information content (AvgIpc) is 2.81. The second-order valence-electron chi connectivity index (χ2n) is 7.43. The summed E-state index contributed by atoms with van der Waals surface area (Å²) in [4.78, 5) is 12.2. The molecule has 2 rings (SSSR count). The van der Waals surface area contributed by atoms with Crippen LogP contribution in [0.1, 0.15) is 65.7 Å². The number of nitrogens with one attached hydrogen (secondary N) is 2. The van der Waals surface area contributed by atoms with E-state index in [9.17, 15) is 4.79 Å². The summed E-state index contributed by atoms with van der Waals surface area (Å²) in [6, 6.07) is 0.805. The fourth-order valence-electron chi connectivity index (χ4n) is 3.76. The molecule has 2 aliphatic rings. The Balaban J connectivity index is 1.86. The molecule has 3 atom stereocenters.